The van der Waals surface area contributed by atoms with E-state index in [-0.39, 0.29) is 19.0 Å². The maximum atomic E-state index is 12.4. The number of halogens is 3. The number of nitrogens with zero attached hydrogens (tertiary/aromatic N) is 2. The molecule has 0 saturated carbocycles. The fourth-order valence-corrected chi connectivity index (χ4v) is 1.46. The minimum Gasteiger partial charge on any atom is -0.463 e. The summed E-state index contributed by atoms with van der Waals surface area (Å²) in [7, 11) is 0. The van der Waals surface area contributed by atoms with Crippen molar-refractivity contribution < 1.29 is 22.7 Å². The SMILES string of the molecule is CCCCOC(=O)C(N)(CC)Nc1ncc(C(F)(F)F)cn1. The zero-order valence-corrected chi connectivity index (χ0v) is 12.4. The Labute approximate surface area is 126 Å². The van der Waals surface area contributed by atoms with Crippen molar-refractivity contribution in [2.45, 2.75) is 44.9 Å². The number of carbonyl (C=O) groups is 1. The van der Waals surface area contributed by atoms with Crippen molar-refractivity contribution >= 4 is 11.9 Å². The Balaban J connectivity index is 2.78. The smallest absolute Gasteiger partial charge is 0.419 e. The number of aromatic nitrogens is 2. The molecule has 0 aromatic carbocycles. The van der Waals surface area contributed by atoms with Gasteiger partial charge in [-0.3, -0.25) is 5.73 Å². The van der Waals surface area contributed by atoms with Crippen molar-refractivity contribution in [3.05, 3.63) is 18.0 Å². The van der Waals surface area contributed by atoms with Crippen molar-refractivity contribution in [1.82, 2.24) is 9.97 Å². The second-order valence-electron chi connectivity index (χ2n) is 4.73. The molecule has 22 heavy (non-hydrogen) atoms. The molecule has 124 valence electrons. The molecule has 1 heterocycles. The first-order valence-electron chi connectivity index (χ1n) is 6.86. The van der Waals surface area contributed by atoms with Crippen molar-refractivity contribution in [3.8, 4) is 0 Å². The third-order valence-corrected chi connectivity index (χ3v) is 2.97. The lowest BCUT2D eigenvalue weighted by atomic mass is 10.1. The Kier molecular flexibility index (Phi) is 6.10. The van der Waals surface area contributed by atoms with Crippen molar-refractivity contribution in [2.75, 3.05) is 11.9 Å². The Hall–Kier alpha value is -1.90. The van der Waals surface area contributed by atoms with Gasteiger partial charge in [0.2, 0.25) is 5.95 Å². The number of nitrogens with two attached hydrogens (primary N) is 1. The minimum atomic E-state index is -4.53. The third-order valence-electron chi connectivity index (χ3n) is 2.97. The normalized spacial score (nSPS) is 14.3. The second kappa shape index (κ2) is 7.39. The number of esters is 1. The van der Waals surface area contributed by atoms with Gasteiger partial charge in [0.25, 0.3) is 0 Å². The van der Waals surface area contributed by atoms with Gasteiger partial charge in [-0.2, -0.15) is 13.2 Å². The summed E-state index contributed by atoms with van der Waals surface area (Å²) >= 11 is 0. The fourth-order valence-electron chi connectivity index (χ4n) is 1.46. The molecule has 0 aliphatic heterocycles. The highest BCUT2D eigenvalue weighted by molar-refractivity contribution is 5.83. The highest BCUT2D eigenvalue weighted by atomic mass is 19.4. The van der Waals surface area contributed by atoms with Crippen LogP contribution in [0.25, 0.3) is 0 Å². The number of nitrogens with one attached hydrogen (secondary N) is 1. The first kappa shape index (κ1) is 18.1. The van der Waals surface area contributed by atoms with E-state index < -0.39 is 23.4 Å². The summed E-state index contributed by atoms with van der Waals surface area (Å²) in [5.41, 5.74) is 3.32. The van der Waals surface area contributed by atoms with Gasteiger partial charge in [0.05, 0.1) is 12.2 Å². The third kappa shape index (κ3) is 4.83. The predicted molar refractivity (Wildman–Crippen MR) is 73.7 cm³/mol. The van der Waals surface area contributed by atoms with Gasteiger partial charge >= 0.3 is 12.1 Å². The maximum Gasteiger partial charge on any atom is 0.419 e. The van der Waals surface area contributed by atoms with Crippen LogP contribution in [0.1, 0.15) is 38.7 Å². The van der Waals surface area contributed by atoms with Gasteiger partial charge in [0.15, 0.2) is 5.66 Å². The molecule has 1 rings (SSSR count). The van der Waals surface area contributed by atoms with E-state index in [2.05, 4.69) is 15.3 Å². The first-order chi connectivity index (χ1) is 10.2. The minimum absolute atomic E-state index is 0.155. The molecule has 0 fully saturated rings. The Morgan fingerprint density at radius 2 is 1.91 bits per heavy atom. The molecule has 1 atom stereocenters. The van der Waals surface area contributed by atoms with Crippen LogP contribution in [0.4, 0.5) is 19.1 Å². The van der Waals surface area contributed by atoms with Crippen molar-refractivity contribution in [3.63, 3.8) is 0 Å². The fraction of sp³-hybridized carbons (Fsp3) is 0.615. The number of anilines is 1. The number of alkyl halides is 3. The molecular formula is C13H19F3N4O2. The molecule has 3 N–H and O–H groups in total. The molecule has 0 aliphatic carbocycles. The lowest BCUT2D eigenvalue weighted by Crippen LogP contribution is -2.55. The van der Waals surface area contributed by atoms with E-state index in [0.717, 1.165) is 6.42 Å². The lowest BCUT2D eigenvalue weighted by molar-refractivity contribution is -0.149. The molecule has 6 nitrogen and oxygen atoms in total. The summed E-state index contributed by atoms with van der Waals surface area (Å²) in [4.78, 5) is 19.0. The van der Waals surface area contributed by atoms with Crippen LogP contribution in [0.5, 0.6) is 0 Å². The zero-order chi connectivity index (χ0) is 16.8. The van der Waals surface area contributed by atoms with Crippen LogP contribution < -0.4 is 11.1 Å². The average Bonchev–Trinajstić information content (AvgIpc) is 2.46. The number of unbranched alkanes of at least 4 members (excludes halogenated alkanes) is 1. The van der Waals surface area contributed by atoms with Crippen LogP contribution in [0, 0.1) is 0 Å². The van der Waals surface area contributed by atoms with E-state index >= 15 is 0 Å². The van der Waals surface area contributed by atoms with E-state index in [0.29, 0.717) is 18.8 Å². The monoisotopic (exact) mass is 320 g/mol. The summed E-state index contributed by atoms with van der Waals surface area (Å²) in [6.07, 6.45) is -1.58. The molecule has 9 heteroatoms. The summed E-state index contributed by atoms with van der Waals surface area (Å²) in [6.45, 7) is 3.81. The summed E-state index contributed by atoms with van der Waals surface area (Å²) in [5.74, 6) is -0.878. The molecule has 0 bridgehead atoms. The highest BCUT2D eigenvalue weighted by Gasteiger charge is 2.35. The Bertz CT molecular complexity index is 493. The van der Waals surface area contributed by atoms with Crippen LogP contribution in [-0.2, 0) is 15.7 Å². The van der Waals surface area contributed by atoms with E-state index in [1.54, 1.807) is 6.92 Å². The van der Waals surface area contributed by atoms with Gasteiger partial charge in [-0.25, -0.2) is 14.8 Å². The number of hydrogen-bond donors (Lipinski definition) is 2. The topological polar surface area (TPSA) is 90.1 Å². The standard InChI is InChI=1S/C13H19F3N4O2/c1-3-5-6-22-10(21)12(17,4-2)20-11-18-7-9(8-19-11)13(14,15)16/h7-8H,3-6,17H2,1-2H3,(H,18,19,20). The number of hydrogen-bond acceptors (Lipinski definition) is 6. The van der Waals surface area contributed by atoms with Gasteiger partial charge in [-0.1, -0.05) is 20.3 Å². The molecular weight excluding hydrogens is 301 g/mol. The van der Waals surface area contributed by atoms with Gasteiger partial charge in [0, 0.05) is 12.4 Å². The van der Waals surface area contributed by atoms with Crippen LogP contribution in [-0.4, -0.2) is 28.2 Å². The quantitative estimate of drug-likeness (QED) is 0.455. The van der Waals surface area contributed by atoms with Gasteiger partial charge in [0.1, 0.15) is 0 Å². The van der Waals surface area contributed by atoms with Gasteiger partial charge in [-0.15, -0.1) is 0 Å². The molecule has 0 radical (unpaired) electrons. The summed E-state index contributed by atoms with van der Waals surface area (Å²) in [6, 6.07) is 0. The second-order valence-corrected chi connectivity index (χ2v) is 4.73. The van der Waals surface area contributed by atoms with E-state index in [9.17, 15) is 18.0 Å². The molecule has 1 aromatic heterocycles. The van der Waals surface area contributed by atoms with Crippen molar-refractivity contribution in [1.29, 1.82) is 0 Å². The molecule has 1 aromatic rings. The summed E-state index contributed by atoms with van der Waals surface area (Å²) < 4.78 is 42.3. The van der Waals surface area contributed by atoms with E-state index in [1.807, 2.05) is 6.92 Å². The first-order valence-corrected chi connectivity index (χ1v) is 6.86. The highest BCUT2D eigenvalue weighted by Crippen LogP contribution is 2.28. The van der Waals surface area contributed by atoms with Crippen LogP contribution in [0.3, 0.4) is 0 Å². The molecule has 0 spiro atoms. The van der Waals surface area contributed by atoms with E-state index in [4.69, 9.17) is 10.5 Å². The van der Waals surface area contributed by atoms with Crippen LogP contribution in [0.15, 0.2) is 12.4 Å². The van der Waals surface area contributed by atoms with Gasteiger partial charge in [-0.05, 0) is 12.8 Å². The predicted octanol–water partition coefficient (Wildman–Crippen LogP) is 2.32. The average molecular weight is 320 g/mol. The number of carbonyl (C=O) groups excluding carboxylic acids is 1. The van der Waals surface area contributed by atoms with Gasteiger partial charge < -0.3 is 10.1 Å². The zero-order valence-electron chi connectivity index (χ0n) is 12.4. The Morgan fingerprint density at radius 1 is 1.32 bits per heavy atom. The molecule has 0 amide bonds. The van der Waals surface area contributed by atoms with Crippen molar-refractivity contribution in [2.24, 2.45) is 5.73 Å². The number of ether oxygens (including phenoxy) is 1. The van der Waals surface area contributed by atoms with Crippen LogP contribution in [0.2, 0.25) is 0 Å². The van der Waals surface area contributed by atoms with Crippen LogP contribution >= 0.6 is 0 Å². The molecule has 0 saturated heterocycles. The number of rotatable bonds is 7. The molecule has 0 aliphatic rings. The summed E-state index contributed by atoms with van der Waals surface area (Å²) in [5, 5.41) is 2.52. The largest absolute Gasteiger partial charge is 0.463 e. The Morgan fingerprint density at radius 3 is 2.36 bits per heavy atom. The molecule has 1 unspecified atom stereocenters. The van der Waals surface area contributed by atoms with E-state index in [1.165, 1.54) is 0 Å². The lowest BCUT2D eigenvalue weighted by Gasteiger charge is -2.27. The maximum absolute atomic E-state index is 12.4.